The van der Waals surface area contributed by atoms with Crippen LogP contribution in [0.2, 0.25) is 0 Å². The van der Waals surface area contributed by atoms with Crippen molar-refractivity contribution in [3.63, 3.8) is 0 Å². The lowest BCUT2D eigenvalue weighted by atomic mass is 9.82. The van der Waals surface area contributed by atoms with E-state index in [0.717, 1.165) is 45.7 Å². The van der Waals surface area contributed by atoms with Crippen LogP contribution in [-0.2, 0) is 4.74 Å². The fourth-order valence-corrected chi connectivity index (χ4v) is 3.05. The van der Waals surface area contributed by atoms with Crippen LogP contribution in [-0.4, -0.2) is 74.0 Å². The van der Waals surface area contributed by atoms with Gasteiger partial charge in [-0.15, -0.1) is 0 Å². The second-order valence-corrected chi connectivity index (χ2v) is 6.22. The third kappa shape index (κ3) is 3.19. The molecule has 2 saturated heterocycles. The first kappa shape index (κ1) is 13.3. The summed E-state index contributed by atoms with van der Waals surface area (Å²) < 4.78 is 5.43. The number of aliphatic hydroxyl groups is 1. The fourth-order valence-electron chi connectivity index (χ4n) is 3.05. The Balaban J connectivity index is 1.88. The maximum Gasteiger partial charge on any atom is 0.0834 e. The second kappa shape index (κ2) is 5.22. The van der Waals surface area contributed by atoms with Gasteiger partial charge in [0.05, 0.1) is 6.10 Å². The first-order chi connectivity index (χ1) is 8.00. The Morgan fingerprint density at radius 3 is 2.47 bits per heavy atom. The van der Waals surface area contributed by atoms with E-state index in [1.807, 2.05) is 14.1 Å². The van der Waals surface area contributed by atoms with E-state index in [9.17, 15) is 5.11 Å². The molecule has 2 heterocycles. The Kier molecular flexibility index (Phi) is 4.08. The van der Waals surface area contributed by atoms with Crippen LogP contribution >= 0.6 is 0 Å². The predicted molar refractivity (Wildman–Crippen MR) is 68.1 cm³/mol. The highest BCUT2D eigenvalue weighted by Gasteiger charge is 2.37. The average molecular weight is 242 g/mol. The van der Waals surface area contributed by atoms with Gasteiger partial charge in [0.2, 0.25) is 0 Å². The third-order valence-electron chi connectivity index (χ3n) is 4.30. The number of hydrogen-bond acceptors (Lipinski definition) is 4. The van der Waals surface area contributed by atoms with Gasteiger partial charge in [-0.05, 0) is 32.4 Å². The van der Waals surface area contributed by atoms with E-state index in [1.54, 1.807) is 0 Å². The van der Waals surface area contributed by atoms with Gasteiger partial charge < -0.3 is 14.7 Å². The molecule has 2 aliphatic heterocycles. The standard InChI is InChI=1S/C13H26N2O2/c1-13(4-6-17-7-5-13)10-15-8-11(14(2)3)12(16)9-15/h11-12,16H,4-10H2,1-3H3/t11-,12-/m0/s1. The van der Waals surface area contributed by atoms with Crippen LogP contribution < -0.4 is 0 Å². The van der Waals surface area contributed by atoms with E-state index in [1.165, 1.54) is 0 Å². The molecule has 1 N–H and O–H groups in total. The van der Waals surface area contributed by atoms with Crippen LogP contribution in [0.5, 0.6) is 0 Å². The molecule has 0 aromatic heterocycles. The minimum absolute atomic E-state index is 0.201. The first-order valence-electron chi connectivity index (χ1n) is 6.65. The quantitative estimate of drug-likeness (QED) is 0.777. The van der Waals surface area contributed by atoms with Crippen molar-refractivity contribution < 1.29 is 9.84 Å². The zero-order valence-electron chi connectivity index (χ0n) is 11.4. The maximum atomic E-state index is 10.0. The number of ether oxygens (including phenoxy) is 1. The third-order valence-corrected chi connectivity index (χ3v) is 4.30. The summed E-state index contributed by atoms with van der Waals surface area (Å²) in [6, 6.07) is 0.290. The minimum Gasteiger partial charge on any atom is -0.390 e. The van der Waals surface area contributed by atoms with Crippen LogP contribution in [0, 0.1) is 5.41 Å². The van der Waals surface area contributed by atoms with Crippen molar-refractivity contribution in [2.45, 2.75) is 31.9 Å². The highest BCUT2D eigenvalue weighted by Crippen LogP contribution is 2.32. The summed E-state index contributed by atoms with van der Waals surface area (Å²) in [5.41, 5.74) is 0.374. The van der Waals surface area contributed by atoms with Crippen molar-refractivity contribution in [1.29, 1.82) is 0 Å². The van der Waals surface area contributed by atoms with Gasteiger partial charge in [0.1, 0.15) is 0 Å². The molecule has 4 nitrogen and oxygen atoms in total. The molecular weight excluding hydrogens is 216 g/mol. The summed E-state index contributed by atoms with van der Waals surface area (Å²) in [6.45, 7) is 7.04. The van der Waals surface area contributed by atoms with Crippen LogP contribution in [0.3, 0.4) is 0 Å². The van der Waals surface area contributed by atoms with Crippen molar-refractivity contribution in [3.8, 4) is 0 Å². The Hall–Kier alpha value is -0.160. The van der Waals surface area contributed by atoms with Gasteiger partial charge >= 0.3 is 0 Å². The van der Waals surface area contributed by atoms with Gasteiger partial charge in [-0.3, -0.25) is 4.90 Å². The lowest BCUT2D eigenvalue weighted by Crippen LogP contribution is -2.40. The second-order valence-electron chi connectivity index (χ2n) is 6.22. The summed E-state index contributed by atoms with van der Waals surface area (Å²) in [6.07, 6.45) is 2.09. The van der Waals surface area contributed by atoms with E-state index in [2.05, 4.69) is 16.7 Å². The van der Waals surface area contributed by atoms with Crippen molar-refractivity contribution in [1.82, 2.24) is 9.80 Å². The van der Waals surface area contributed by atoms with Gasteiger partial charge in [-0.25, -0.2) is 0 Å². The summed E-state index contributed by atoms with van der Waals surface area (Å²) in [4.78, 5) is 4.55. The molecule has 4 heteroatoms. The maximum absolute atomic E-state index is 10.0. The molecule has 2 aliphatic rings. The van der Waals surface area contributed by atoms with E-state index in [-0.39, 0.29) is 6.10 Å². The van der Waals surface area contributed by atoms with Crippen molar-refractivity contribution in [3.05, 3.63) is 0 Å². The lowest BCUT2D eigenvalue weighted by Gasteiger charge is -2.37. The van der Waals surface area contributed by atoms with Gasteiger partial charge in [0, 0.05) is 38.9 Å². The zero-order chi connectivity index (χ0) is 12.5. The predicted octanol–water partition coefficient (Wildman–Crippen LogP) is 0.410. The summed E-state index contributed by atoms with van der Waals surface area (Å²) >= 11 is 0. The molecule has 17 heavy (non-hydrogen) atoms. The van der Waals surface area contributed by atoms with Gasteiger partial charge in [0.15, 0.2) is 0 Å². The Morgan fingerprint density at radius 2 is 1.94 bits per heavy atom. The van der Waals surface area contributed by atoms with E-state index < -0.39 is 0 Å². The summed E-state index contributed by atoms with van der Waals surface area (Å²) in [7, 11) is 4.10. The normalized spacial score (nSPS) is 34.4. The zero-order valence-corrected chi connectivity index (χ0v) is 11.4. The number of hydrogen-bond donors (Lipinski definition) is 1. The van der Waals surface area contributed by atoms with Crippen molar-refractivity contribution >= 4 is 0 Å². The number of rotatable bonds is 3. The fraction of sp³-hybridized carbons (Fsp3) is 1.00. The number of likely N-dealkylation sites (tertiary alicyclic amines) is 1. The monoisotopic (exact) mass is 242 g/mol. The van der Waals surface area contributed by atoms with Crippen LogP contribution in [0.15, 0.2) is 0 Å². The van der Waals surface area contributed by atoms with Crippen molar-refractivity contribution in [2.75, 3.05) is 46.9 Å². The molecule has 2 fully saturated rings. The van der Waals surface area contributed by atoms with Gasteiger partial charge in [-0.2, -0.15) is 0 Å². The van der Waals surface area contributed by atoms with E-state index >= 15 is 0 Å². The molecule has 0 spiro atoms. The van der Waals surface area contributed by atoms with E-state index in [0.29, 0.717) is 11.5 Å². The average Bonchev–Trinajstić information content (AvgIpc) is 2.59. The summed E-state index contributed by atoms with van der Waals surface area (Å²) in [5, 5.41) is 10.0. The molecule has 2 atom stereocenters. The topological polar surface area (TPSA) is 35.9 Å². The molecule has 0 radical (unpaired) electrons. The molecular formula is C13H26N2O2. The molecule has 0 aliphatic carbocycles. The Morgan fingerprint density at radius 1 is 1.29 bits per heavy atom. The molecule has 0 unspecified atom stereocenters. The minimum atomic E-state index is -0.201. The first-order valence-corrected chi connectivity index (χ1v) is 6.65. The van der Waals surface area contributed by atoms with Crippen LogP contribution in [0.4, 0.5) is 0 Å². The summed E-state index contributed by atoms with van der Waals surface area (Å²) in [5.74, 6) is 0. The Bertz CT molecular complexity index is 252. The number of likely N-dealkylation sites (N-methyl/N-ethyl adjacent to an activating group) is 1. The largest absolute Gasteiger partial charge is 0.390 e. The number of aliphatic hydroxyl groups excluding tert-OH is 1. The molecule has 2 rings (SSSR count). The molecule has 0 aromatic rings. The van der Waals surface area contributed by atoms with Crippen LogP contribution in [0.1, 0.15) is 19.8 Å². The van der Waals surface area contributed by atoms with Gasteiger partial charge in [-0.1, -0.05) is 6.92 Å². The molecule has 0 saturated carbocycles. The van der Waals surface area contributed by atoms with E-state index in [4.69, 9.17) is 4.74 Å². The smallest absolute Gasteiger partial charge is 0.0834 e. The highest BCUT2D eigenvalue weighted by molar-refractivity contribution is 4.92. The lowest BCUT2D eigenvalue weighted by molar-refractivity contribution is 0.00687. The number of β-amino-alcohol motifs (C(OH)–C–C–N with tert-alkyl or cyclic N) is 1. The Labute approximate surface area is 105 Å². The SMILES string of the molecule is CN(C)[C@H]1CN(CC2(C)CCOCC2)C[C@@H]1O. The van der Waals surface area contributed by atoms with Gasteiger partial charge in [0.25, 0.3) is 0 Å². The van der Waals surface area contributed by atoms with Crippen molar-refractivity contribution in [2.24, 2.45) is 5.41 Å². The molecule has 0 aromatic carbocycles. The highest BCUT2D eigenvalue weighted by atomic mass is 16.5. The molecule has 0 bridgehead atoms. The number of nitrogens with zero attached hydrogens (tertiary/aromatic N) is 2. The molecule has 0 amide bonds. The molecule has 100 valence electrons. The van der Waals surface area contributed by atoms with Crippen LogP contribution in [0.25, 0.3) is 0 Å².